The molecule has 7 nitrogen and oxygen atoms in total. The molecule has 11 heteroatoms. The van der Waals surface area contributed by atoms with E-state index in [2.05, 4.69) is 0 Å². The lowest BCUT2D eigenvalue weighted by Gasteiger charge is -2.48. The third-order valence-electron chi connectivity index (χ3n) is 8.18. The van der Waals surface area contributed by atoms with Gasteiger partial charge in [-0.15, -0.1) is 0 Å². The Kier molecular flexibility index (Phi) is 12.2. The van der Waals surface area contributed by atoms with Gasteiger partial charge in [0.15, 0.2) is 16.6 Å². The highest BCUT2D eigenvalue weighted by Gasteiger charge is 2.55. The molecule has 0 aromatic heterocycles. The summed E-state index contributed by atoms with van der Waals surface area (Å²) in [5.41, 5.74) is 0. The summed E-state index contributed by atoms with van der Waals surface area (Å²) in [5, 5.41) is -2.19. The first kappa shape index (κ1) is 31.7. The lowest BCUT2D eigenvalue weighted by molar-refractivity contribution is 0.313. The van der Waals surface area contributed by atoms with Gasteiger partial charge in [-0.1, -0.05) is 55.4 Å². The Balaban J connectivity index is 6.48. The molecule has 0 aromatic carbocycles. The third-order valence-corrected chi connectivity index (χ3v) is 24.1. The van der Waals surface area contributed by atoms with Crippen LogP contribution in [0.4, 0.5) is 0 Å². The monoisotopic (exact) mass is 518 g/mol. The van der Waals surface area contributed by atoms with E-state index in [9.17, 15) is 28.7 Å². The molecular weight excluding hydrogens is 470 g/mol. The fourth-order valence-electron chi connectivity index (χ4n) is 5.05. The topological polar surface area (TPSA) is 124 Å². The summed E-state index contributed by atoms with van der Waals surface area (Å²) < 4.78 is 32.2. The first-order valence-electron chi connectivity index (χ1n) is 11.9. The van der Waals surface area contributed by atoms with E-state index in [0.717, 1.165) is 24.2 Å². The first-order valence-corrected chi connectivity index (χ1v) is 20.2. The predicted molar refractivity (Wildman–Crippen MR) is 135 cm³/mol. The van der Waals surface area contributed by atoms with Gasteiger partial charge in [0.2, 0.25) is 0 Å². The van der Waals surface area contributed by atoms with Crippen LogP contribution in [-0.2, 0) is 13.2 Å². The van der Waals surface area contributed by atoms with Gasteiger partial charge in [0, 0.05) is 0 Å². The summed E-state index contributed by atoms with van der Waals surface area (Å²) in [6, 6.07) is 3.73. The molecule has 0 fully saturated rings. The molecule has 0 aliphatic carbocycles. The molecule has 0 heterocycles. The van der Waals surface area contributed by atoms with Crippen LogP contribution in [-0.4, -0.2) is 46.5 Å². The van der Waals surface area contributed by atoms with Crippen molar-refractivity contribution in [1.29, 1.82) is 0 Å². The minimum Gasteiger partial charge on any atom is -0.455 e. The van der Waals surface area contributed by atoms with Crippen molar-refractivity contribution in [3.05, 3.63) is 0 Å². The van der Waals surface area contributed by atoms with E-state index < -0.39 is 42.1 Å². The van der Waals surface area contributed by atoms with Crippen molar-refractivity contribution in [2.45, 2.75) is 128 Å². The predicted octanol–water partition coefficient (Wildman–Crippen LogP) is 6.45. The molecule has 0 rings (SSSR count). The van der Waals surface area contributed by atoms with E-state index in [4.69, 9.17) is 4.12 Å². The number of rotatable bonds is 16. The van der Waals surface area contributed by atoms with E-state index in [-0.39, 0.29) is 0 Å². The Morgan fingerprint density at radius 2 is 0.806 bits per heavy atom. The smallest absolute Gasteiger partial charge is 0.331 e. The van der Waals surface area contributed by atoms with Crippen molar-refractivity contribution >= 4 is 31.8 Å². The van der Waals surface area contributed by atoms with Gasteiger partial charge in [0.25, 0.3) is 0 Å². The zero-order chi connectivity index (χ0) is 24.8. The van der Waals surface area contributed by atoms with E-state index in [0.29, 0.717) is 37.8 Å². The van der Waals surface area contributed by atoms with Gasteiger partial charge in [0.1, 0.15) is 0 Å². The van der Waals surface area contributed by atoms with Crippen molar-refractivity contribution < 1.29 is 32.8 Å². The van der Waals surface area contributed by atoms with Gasteiger partial charge < -0.3 is 23.7 Å². The second-order valence-corrected chi connectivity index (χ2v) is 22.3. The van der Waals surface area contributed by atoms with Crippen LogP contribution in [0.1, 0.15) is 81.1 Å². The Morgan fingerprint density at radius 1 is 0.581 bits per heavy atom. The summed E-state index contributed by atoms with van der Waals surface area (Å²) in [6.45, 7) is 15.5. The molecule has 0 atom stereocenters. The van der Waals surface area contributed by atoms with Crippen LogP contribution in [0.5, 0.6) is 0 Å². The molecule has 0 unspecified atom stereocenters. The zero-order valence-corrected chi connectivity index (χ0v) is 24.8. The molecule has 0 aliphatic rings. The molecule has 188 valence electrons. The largest absolute Gasteiger partial charge is 0.455 e. The molecular formula is C20H48O7P2Si2. The van der Waals surface area contributed by atoms with Crippen LogP contribution in [0.2, 0.25) is 36.3 Å². The maximum Gasteiger partial charge on any atom is 0.331 e. The molecule has 0 amide bonds. The summed E-state index contributed by atoms with van der Waals surface area (Å²) in [7, 11) is -13.8. The molecule has 31 heavy (non-hydrogen) atoms. The number of hydrogen-bond donors (Lipinski definition) is 4. The number of hydrogen-bond acceptors (Lipinski definition) is 3. The minimum absolute atomic E-state index is 0.384. The molecule has 0 spiro atoms. The fraction of sp³-hybridized carbons (Fsp3) is 1.00. The van der Waals surface area contributed by atoms with Crippen molar-refractivity contribution in [3.8, 4) is 0 Å². The molecule has 0 aromatic rings. The van der Waals surface area contributed by atoms with Crippen LogP contribution in [0, 0.1) is 0 Å². The Labute approximate surface area is 192 Å². The van der Waals surface area contributed by atoms with Crippen LogP contribution in [0.3, 0.4) is 0 Å². The summed E-state index contributed by atoms with van der Waals surface area (Å²) in [5.74, 6) is 0. The van der Waals surface area contributed by atoms with Gasteiger partial charge in [-0.05, 0) is 61.9 Å². The van der Waals surface area contributed by atoms with E-state index in [1.807, 2.05) is 55.4 Å². The quantitative estimate of drug-likeness (QED) is 0.137. The first-order chi connectivity index (χ1) is 14.1. The van der Waals surface area contributed by atoms with Crippen LogP contribution in [0.25, 0.3) is 0 Å². The van der Waals surface area contributed by atoms with Gasteiger partial charge in [-0.25, -0.2) is 0 Å². The normalized spacial score (nSPS) is 14.8. The van der Waals surface area contributed by atoms with Crippen molar-refractivity contribution in [2.75, 3.05) is 0 Å². The van der Waals surface area contributed by atoms with Gasteiger partial charge >= 0.3 is 15.2 Å². The third kappa shape index (κ3) is 6.86. The van der Waals surface area contributed by atoms with E-state index in [1.54, 1.807) is 0 Å². The molecule has 4 N–H and O–H groups in total. The fourth-order valence-corrected chi connectivity index (χ4v) is 22.0. The second-order valence-electron chi connectivity index (χ2n) is 9.19. The highest BCUT2D eigenvalue weighted by molar-refractivity contribution is 7.54. The minimum atomic E-state index is -4.35. The van der Waals surface area contributed by atoms with Crippen molar-refractivity contribution in [1.82, 2.24) is 0 Å². The molecule has 0 aliphatic heterocycles. The van der Waals surface area contributed by atoms with Gasteiger partial charge in [0.05, 0.1) is 10.3 Å². The van der Waals surface area contributed by atoms with E-state index in [1.165, 1.54) is 0 Å². The summed E-state index contributed by atoms with van der Waals surface area (Å²) >= 11 is 0. The van der Waals surface area contributed by atoms with Crippen LogP contribution in [0.15, 0.2) is 0 Å². The Bertz CT molecular complexity index is 577. The lowest BCUT2D eigenvalue weighted by atomic mass is 10.1. The molecule has 0 bridgehead atoms. The average Bonchev–Trinajstić information content (AvgIpc) is 2.72. The maximum atomic E-state index is 12.6. The second kappa shape index (κ2) is 11.9. The van der Waals surface area contributed by atoms with Gasteiger partial charge in [-0.2, -0.15) is 0 Å². The van der Waals surface area contributed by atoms with Crippen molar-refractivity contribution in [2.24, 2.45) is 0 Å². The highest BCUT2D eigenvalue weighted by Crippen LogP contribution is 2.61. The molecule has 0 radical (unpaired) electrons. The highest BCUT2D eigenvalue weighted by atomic mass is 31.2. The molecule has 0 saturated heterocycles. The van der Waals surface area contributed by atoms with Crippen molar-refractivity contribution in [3.63, 3.8) is 0 Å². The van der Waals surface area contributed by atoms with Crippen LogP contribution < -0.4 is 0 Å². The molecule has 0 saturated carbocycles. The summed E-state index contributed by atoms with van der Waals surface area (Å²) in [4.78, 5) is 41.0. The Hall–Kier alpha value is 0.694. The lowest BCUT2D eigenvalue weighted by Crippen LogP contribution is -2.56. The SMILES string of the molecule is CCC(CC)(C[Si](CC)(CC)O[Si](CC)(CC)CC(CC)(CC)P(=O)(O)O)P(=O)(O)O. The Morgan fingerprint density at radius 3 is 0.935 bits per heavy atom. The summed E-state index contributed by atoms with van der Waals surface area (Å²) in [6.07, 6.45) is 1.54. The van der Waals surface area contributed by atoms with E-state index >= 15 is 0 Å². The zero-order valence-electron chi connectivity index (χ0n) is 21.0. The standard InChI is InChI=1S/C20H48O7P2Si2/c1-9-19(10-2,28(21,22)23)17-30(13-5,14-6)27-31(15-7,16-8)18-20(11-3,12-4)29(24,25)26/h9-18H2,1-8H3,(H2,21,22,23)(H2,24,25,26). The van der Waals surface area contributed by atoms with Gasteiger partial charge in [-0.3, -0.25) is 9.13 Å². The van der Waals surface area contributed by atoms with Crippen LogP contribution >= 0.6 is 15.2 Å². The maximum absolute atomic E-state index is 12.6. The average molecular weight is 519 g/mol.